The smallest absolute Gasteiger partial charge is 0.279 e. The van der Waals surface area contributed by atoms with Crippen LogP contribution in [0.15, 0.2) is 79.0 Å². The van der Waals surface area contributed by atoms with Crippen molar-refractivity contribution in [2.24, 2.45) is 0 Å². The number of ether oxygens (including phenoxy) is 1. The minimum atomic E-state index is -0.255. The summed E-state index contributed by atoms with van der Waals surface area (Å²) < 4.78 is 7.16. The Labute approximate surface area is 219 Å². The minimum Gasteiger partial charge on any atom is -0.431 e. The number of benzene rings is 3. The van der Waals surface area contributed by atoms with Crippen molar-refractivity contribution < 1.29 is 9.53 Å². The molecule has 0 fully saturated rings. The molecule has 0 bridgehead atoms. The molecule has 37 heavy (non-hydrogen) atoms. The van der Waals surface area contributed by atoms with Gasteiger partial charge in [-0.25, -0.2) is 4.98 Å². The molecule has 6 nitrogen and oxygen atoms in total. The van der Waals surface area contributed by atoms with E-state index in [1.807, 2.05) is 81.4 Å². The number of thiazole rings is 1. The van der Waals surface area contributed by atoms with Crippen LogP contribution in [-0.2, 0) is 0 Å². The number of carbonyl (C=O) groups excluding carboxylic acids is 1. The molecule has 5 aromatic rings. The molecule has 0 aliphatic heterocycles. The first-order valence-electron chi connectivity index (χ1n) is 11.8. The van der Waals surface area contributed by atoms with Crippen LogP contribution in [0.5, 0.6) is 10.9 Å². The molecule has 0 spiro atoms. The normalized spacial score (nSPS) is 11.6. The summed E-state index contributed by atoms with van der Waals surface area (Å²) >= 11 is 1.43. The Bertz CT molecular complexity index is 1620. The predicted molar refractivity (Wildman–Crippen MR) is 146 cm³/mol. The number of aryl methyl sites for hydroxylation is 2. The first-order valence-corrected chi connectivity index (χ1v) is 12.6. The summed E-state index contributed by atoms with van der Waals surface area (Å²) in [4.78, 5) is 22.3. The average molecular weight is 505 g/mol. The van der Waals surface area contributed by atoms with Gasteiger partial charge in [0.15, 0.2) is 0 Å². The molecule has 1 amide bonds. The number of rotatable bonds is 6. The molecule has 3 aromatic carbocycles. The van der Waals surface area contributed by atoms with Crippen LogP contribution in [0, 0.1) is 25.2 Å². The average Bonchev–Trinajstić information content (AvgIpc) is 3.31. The number of hydrogen-bond acceptors (Lipinski definition) is 6. The Kier molecular flexibility index (Phi) is 6.67. The lowest BCUT2D eigenvalue weighted by Gasteiger charge is -2.16. The predicted octanol–water partition coefficient (Wildman–Crippen LogP) is 7.13. The molecule has 5 rings (SSSR count). The molecular formula is C30H24N4O2S. The van der Waals surface area contributed by atoms with E-state index in [1.165, 1.54) is 11.3 Å². The van der Waals surface area contributed by atoms with Gasteiger partial charge >= 0.3 is 0 Å². The van der Waals surface area contributed by atoms with Gasteiger partial charge in [0.1, 0.15) is 5.75 Å². The SMILES string of the molecule is Cc1ccc(-c2cc(Oc3nc4ccccc4s3)cc(C(=O)N[C@H](C)c3ccc(C)nc3)c2)c(C#N)c1. The first-order chi connectivity index (χ1) is 17.9. The molecule has 0 aliphatic carbocycles. The van der Waals surface area contributed by atoms with E-state index in [1.54, 1.807) is 18.3 Å². The quantitative estimate of drug-likeness (QED) is 0.266. The van der Waals surface area contributed by atoms with Crippen molar-refractivity contribution >= 4 is 27.5 Å². The Morgan fingerprint density at radius 2 is 1.89 bits per heavy atom. The van der Waals surface area contributed by atoms with E-state index in [4.69, 9.17) is 4.74 Å². The number of nitrogens with one attached hydrogen (secondary N) is 1. The summed E-state index contributed by atoms with van der Waals surface area (Å²) in [7, 11) is 0. The van der Waals surface area contributed by atoms with Crippen LogP contribution in [0.4, 0.5) is 0 Å². The lowest BCUT2D eigenvalue weighted by atomic mass is 9.96. The van der Waals surface area contributed by atoms with Crippen LogP contribution in [-0.4, -0.2) is 15.9 Å². The molecule has 0 unspecified atom stereocenters. The van der Waals surface area contributed by atoms with Gasteiger partial charge in [-0.3, -0.25) is 9.78 Å². The van der Waals surface area contributed by atoms with Crippen molar-refractivity contribution in [1.29, 1.82) is 5.26 Å². The fourth-order valence-electron chi connectivity index (χ4n) is 4.04. The maximum Gasteiger partial charge on any atom is 0.279 e. The van der Waals surface area contributed by atoms with E-state index in [0.717, 1.165) is 32.6 Å². The van der Waals surface area contributed by atoms with Crippen LogP contribution >= 0.6 is 11.3 Å². The van der Waals surface area contributed by atoms with Gasteiger partial charge < -0.3 is 10.1 Å². The standard InChI is InChI=1S/C30H24N4O2S/c1-18-8-11-26(24(12-18)16-31)22-13-23(29(35)33-20(3)21-10-9-19(2)32-17-21)15-25(14-22)36-30-34-27-6-4-5-7-28(27)37-30/h4-15,17,20H,1-3H3,(H,33,35)/t20-/m1/s1. The maximum atomic E-state index is 13.4. The molecule has 2 aromatic heterocycles. The third-order valence-electron chi connectivity index (χ3n) is 6.04. The first kappa shape index (κ1) is 24.2. The summed E-state index contributed by atoms with van der Waals surface area (Å²) in [5, 5.41) is 13.3. The molecule has 0 aliphatic rings. The zero-order valence-corrected chi connectivity index (χ0v) is 21.5. The number of nitriles is 1. The summed E-state index contributed by atoms with van der Waals surface area (Å²) in [6.07, 6.45) is 1.77. The molecule has 7 heteroatoms. The third kappa shape index (κ3) is 5.35. The summed E-state index contributed by atoms with van der Waals surface area (Å²) in [5.74, 6) is 0.213. The van der Waals surface area contributed by atoms with Crippen molar-refractivity contribution in [1.82, 2.24) is 15.3 Å². The van der Waals surface area contributed by atoms with Crippen LogP contribution in [0.1, 0.15) is 45.7 Å². The van der Waals surface area contributed by atoms with Crippen LogP contribution in [0.2, 0.25) is 0 Å². The maximum absolute atomic E-state index is 13.4. The summed E-state index contributed by atoms with van der Waals surface area (Å²) in [5.41, 5.74) is 6.05. The molecule has 182 valence electrons. The highest BCUT2D eigenvalue weighted by atomic mass is 32.1. The Morgan fingerprint density at radius 3 is 2.65 bits per heavy atom. The number of nitrogens with zero attached hydrogens (tertiary/aromatic N) is 3. The van der Waals surface area contributed by atoms with E-state index in [9.17, 15) is 10.1 Å². The van der Waals surface area contributed by atoms with Gasteiger partial charge in [-0.05, 0) is 85.5 Å². The van der Waals surface area contributed by atoms with Gasteiger partial charge in [0, 0.05) is 17.5 Å². The number of para-hydroxylation sites is 1. The van der Waals surface area contributed by atoms with Gasteiger partial charge in [-0.15, -0.1) is 0 Å². The second-order valence-corrected chi connectivity index (χ2v) is 9.88. The van der Waals surface area contributed by atoms with Gasteiger partial charge in [-0.1, -0.05) is 41.7 Å². The fourth-order valence-corrected chi connectivity index (χ4v) is 4.88. The van der Waals surface area contributed by atoms with Gasteiger partial charge in [0.2, 0.25) is 0 Å². The molecular weight excluding hydrogens is 480 g/mol. The number of aromatic nitrogens is 2. The number of pyridine rings is 1. The summed E-state index contributed by atoms with van der Waals surface area (Å²) in [6, 6.07) is 24.7. The highest BCUT2D eigenvalue weighted by Gasteiger charge is 2.17. The van der Waals surface area contributed by atoms with E-state index >= 15 is 0 Å². The minimum absolute atomic E-state index is 0.244. The van der Waals surface area contributed by atoms with E-state index < -0.39 is 0 Å². The van der Waals surface area contributed by atoms with Gasteiger partial charge in [0.05, 0.1) is 27.9 Å². The highest BCUT2D eigenvalue weighted by Crippen LogP contribution is 2.35. The zero-order valence-electron chi connectivity index (χ0n) is 20.6. The number of hydrogen-bond donors (Lipinski definition) is 1. The molecule has 2 heterocycles. The van der Waals surface area contributed by atoms with Gasteiger partial charge in [-0.2, -0.15) is 5.26 Å². The molecule has 0 radical (unpaired) electrons. The Morgan fingerprint density at radius 1 is 1.05 bits per heavy atom. The Hall–Kier alpha value is -4.54. The largest absolute Gasteiger partial charge is 0.431 e. The lowest BCUT2D eigenvalue weighted by Crippen LogP contribution is -2.26. The lowest BCUT2D eigenvalue weighted by molar-refractivity contribution is 0.0939. The molecule has 1 N–H and O–H groups in total. The van der Waals surface area contributed by atoms with Gasteiger partial charge in [0.25, 0.3) is 11.1 Å². The fraction of sp³-hybridized carbons (Fsp3) is 0.133. The third-order valence-corrected chi connectivity index (χ3v) is 6.95. The monoisotopic (exact) mass is 504 g/mol. The second kappa shape index (κ2) is 10.2. The molecule has 0 saturated heterocycles. The van der Waals surface area contributed by atoms with Crippen LogP contribution < -0.4 is 10.1 Å². The van der Waals surface area contributed by atoms with Crippen LogP contribution in [0.3, 0.4) is 0 Å². The van der Waals surface area contributed by atoms with Crippen molar-refractivity contribution in [2.45, 2.75) is 26.8 Å². The van der Waals surface area contributed by atoms with Crippen LogP contribution in [0.25, 0.3) is 21.3 Å². The van der Waals surface area contributed by atoms with Crippen molar-refractivity contribution in [3.8, 4) is 28.1 Å². The number of amides is 1. The van der Waals surface area contributed by atoms with E-state index in [-0.39, 0.29) is 11.9 Å². The summed E-state index contributed by atoms with van der Waals surface area (Å²) in [6.45, 7) is 5.78. The zero-order chi connectivity index (χ0) is 25.9. The van der Waals surface area contributed by atoms with E-state index in [2.05, 4.69) is 21.4 Å². The van der Waals surface area contributed by atoms with Crippen molar-refractivity contribution in [2.75, 3.05) is 0 Å². The topological polar surface area (TPSA) is 87.9 Å². The van der Waals surface area contributed by atoms with E-state index in [0.29, 0.717) is 27.6 Å². The molecule has 0 saturated carbocycles. The second-order valence-electron chi connectivity index (χ2n) is 8.88. The van der Waals surface area contributed by atoms with Crippen molar-refractivity contribution in [3.05, 3.63) is 107 Å². The Balaban J connectivity index is 1.52. The van der Waals surface area contributed by atoms with Crippen molar-refractivity contribution in [3.63, 3.8) is 0 Å². The highest BCUT2D eigenvalue weighted by molar-refractivity contribution is 7.20. The molecule has 1 atom stereocenters. The number of carbonyl (C=O) groups is 1. The number of fused-ring (bicyclic) bond motifs is 1.